The van der Waals surface area contributed by atoms with Crippen LogP contribution in [-0.4, -0.2) is 20.9 Å². The number of aromatic nitrogens is 1. The molecule has 1 amide bonds. The standard InChI is InChI=1S/C22H21Cl2IN2O/c23-16-3-7-20-15(11-16)9-10-27(20)21-8-4-17(24)12-19(21)22(28)26-13-14-1-5-18(25)6-2-14/h3-4,7-12,14,18H,1-2,5-6,13H2,(H,26,28). The van der Waals surface area contributed by atoms with E-state index in [0.29, 0.717) is 21.5 Å². The monoisotopic (exact) mass is 526 g/mol. The summed E-state index contributed by atoms with van der Waals surface area (Å²) in [6.45, 7) is 0.718. The molecule has 0 unspecified atom stereocenters. The highest BCUT2D eigenvalue weighted by atomic mass is 127. The minimum atomic E-state index is -0.0788. The van der Waals surface area contributed by atoms with Crippen LogP contribution < -0.4 is 5.32 Å². The van der Waals surface area contributed by atoms with E-state index in [-0.39, 0.29) is 5.91 Å². The fourth-order valence-electron chi connectivity index (χ4n) is 3.88. The van der Waals surface area contributed by atoms with E-state index >= 15 is 0 Å². The molecule has 4 rings (SSSR count). The zero-order valence-electron chi connectivity index (χ0n) is 15.3. The van der Waals surface area contributed by atoms with Gasteiger partial charge in [-0.25, -0.2) is 0 Å². The Labute approximate surface area is 188 Å². The molecule has 1 aliphatic rings. The summed E-state index contributed by atoms with van der Waals surface area (Å²) in [4.78, 5) is 13.0. The molecule has 146 valence electrons. The van der Waals surface area contributed by atoms with Crippen molar-refractivity contribution in [3.8, 4) is 5.69 Å². The fraction of sp³-hybridized carbons (Fsp3) is 0.318. The molecule has 0 aliphatic heterocycles. The van der Waals surface area contributed by atoms with Gasteiger partial charge in [0, 0.05) is 32.1 Å². The maximum absolute atomic E-state index is 13.0. The number of halogens is 3. The highest BCUT2D eigenvalue weighted by Gasteiger charge is 2.21. The number of hydrogen-bond acceptors (Lipinski definition) is 1. The third-order valence-electron chi connectivity index (χ3n) is 5.44. The Morgan fingerprint density at radius 2 is 1.75 bits per heavy atom. The number of carbonyl (C=O) groups excluding carboxylic acids is 1. The average Bonchev–Trinajstić information content (AvgIpc) is 3.10. The Hall–Kier alpha value is -1.24. The van der Waals surface area contributed by atoms with Gasteiger partial charge in [-0.15, -0.1) is 0 Å². The molecule has 1 N–H and O–H groups in total. The van der Waals surface area contributed by atoms with E-state index < -0.39 is 0 Å². The molecule has 1 heterocycles. The topological polar surface area (TPSA) is 34.0 Å². The van der Waals surface area contributed by atoms with Gasteiger partial charge in [0.1, 0.15) is 0 Å². The van der Waals surface area contributed by atoms with Gasteiger partial charge in [-0.1, -0.05) is 45.8 Å². The molecule has 6 heteroatoms. The summed E-state index contributed by atoms with van der Waals surface area (Å²) in [7, 11) is 0. The van der Waals surface area contributed by atoms with Crippen LogP contribution in [0, 0.1) is 5.92 Å². The number of rotatable bonds is 4. The van der Waals surface area contributed by atoms with Crippen molar-refractivity contribution in [1.29, 1.82) is 0 Å². The molecule has 1 saturated carbocycles. The summed E-state index contributed by atoms with van der Waals surface area (Å²) >= 11 is 14.9. The predicted molar refractivity (Wildman–Crippen MR) is 125 cm³/mol. The first-order chi connectivity index (χ1) is 13.5. The van der Waals surface area contributed by atoms with Crippen LogP contribution >= 0.6 is 45.8 Å². The molecule has 2 aromatic carbocycles. The number of nitrogens with zero attached hydrogens (tertiary/aromatic N) is 1. The number of benzene rings is 2. The number of amides is 1. The van der Waals surface area contributed by atoms with Crippen molar-refractivity contribution in [1.82, 2.24) is 9.88 Å². The van der Waals surface area contributed by atoms with Gasteiger partial charge >= 0.3 is 0 Å². The number of carbonyl (C=O) groups is 1. The molecule has 0 saturated heterocycles. The normalized spacial score (nSPS) is 19.7. The molecular weight excluding hydrogens is 506 g/mol. The van der Waals surface area contributed by atoms with Crippen molar-refractivity contribution in [2.45, 2.75) is 29.6 Å². The first-order valence-electron chi connectivity index (χ1n) is 9.50. The SMILES string of the molecule is O=C(NCC1CCC(I)CC1)c1cc(Cl)ccc1-n1ccc2cc(Cl)ccc21. The predicted octanol–water partition coefficient (Wildman–Crippen LogP) is 6.66. The largest absolute Gasteiger partial charge is 0.352 e. The lowest BCUT2D eigenvalue weighted by Crippen LogP contribution is -2.32. The minimum Gasteiger partial charge on any atom is -0.352 e. The van der Waals surface area contributed by atoms with E-state index in [1.165, 1.54) is 25.7 Å². The highest BCUT2D eigenvalue weighted by molar-refractivity contribution is 14.1. The van der Waals surface area contributed by atoms with Crippen molar-refractivity contribution >= 4 is 62.6 Å². The van der Waals surface area contributed by atoms with Crippen molar-refractivity contribution < 1.29 is 4.79 Å². The van der Waals surface area contributed by atoms with Gasteiger partial charge in [0.15, 0.2) is 0 Å². The van der Waals surface area contributed by atoms with E-state index in [1.54, 1.807) is 6.07 Å². The van der Waals surface area contributed by atoms with Crippen LogP contribution in [0.25, 0.3) is 16.6 Å². The molecule has 0 atom stereocenters. The van der Waals surface area contributed by atoms with Gasteiger partial charge in [-0.2, -0.15) is 0 Å². The lowest BCUT2D eigenvalue weighted by molar-refractivity contribution is 0.0944. The van der Waals surface area contributed by atoms with Crippen molar-refractivity contribution in [2.24, 2.45) is 5.92 Å². The Morgan fingerprint density at radius 1 is 1.04 bits per heavy atom. The maximum atomic E-state index is 13.0. The molecule has 1 aliphatic carbocycles. The molecule has 28 heavy (non-hydrogen) atoms. The van der Waals surface area contributed by atoms with Gasteiger partial charge in [0.25, 0.3) is 5.91 Å². The number of alkyl halides is 1. The number of hydrogen-bond donors (Lipinski definition) is 1. The summed E-state index contributed by atoms with van der Waals surface area (Å²) in [5.41, 5.74) is 2.40. The average molecular weight is 527 g/mol. The number of nitrogens with one attached hydrogen (secondary N) is 1. The lowest BCUT2D eigenvalue weighted by Gasteiger charge is -2.25. The molecule has 0 radical (unpaired) electrons. The Morgan fingerprint density at radius 3 is 2.54 bits per heavy atom. The maximum Gasteiger partial charge on any atom is 0.253 e. The second kappa shape index (κ2) is 8.64. The first-order valence-corrected chi connectivity index (χ1v) is 11.5. The summed E-state index contributed by atoms with van der Waals surface area (Å²) < 4.78 is 2.79. The van der Waals surface area contributed by atoms with Crippen molar-refractivity contribution in [2.75, 3.05) is 6.54 Å². The molecular formula is C22H21Cl2IN2O. The van der Waals surface area contributed by atoms with Crippen molar-refractivity contribution in [3.05, 3.63) is 64.3 Å². The van der Waals surface area contributed by atoms with Crippen LogP contribution in [0.1, 0.15) is 36.0 Å². The highest BCUT2D eigenvalue weighted by Crippen LogP contribution is 2.29. The third kappa shape index (κ3) is 4.34. The van der Waals surface area contributed by atoms with Crippen LogP contribution in [-0.2, 0) is 0 Å². The second-order valence-electron chi connectivity index (χ2n) is 7.38. The van der Waals surface area contributed by atoms with E-state index in [0.717, 1.165) is 27.1 Å². The quantitative estimate of drug-likeness (QED) is 0.299. The van der Waals surface area contributed by atoms with E-state index in [4.69, 9.17) is 23.2 Å². The minimum absolute atomic E-state index is 0.0788. The second-order valence-corrected chi connectivity index (χ2v) is 10.0. The zero-order valence-corrected chi connectivity index (χ0v) is 19.0. The van der Waals surface area contributed by atoms with Crippen LogP contribution in [0.3, 0.4) is 0 Å². The Kier molecular flexibility index (Phi) is 6.18. The summed E-state index contributed by atoms with van der Waals surface area (Å²) in [6, 6.07) is 13.2. The van der Waals surface area contributed by atoms with E-state index in [9.17, 15) is 4.79 Å². The van der Waals surface area contributed by atoms with Crippen LogP contribution in [0.2, 0.25) is 10.0 Å². The van der Waals surface area contributed by atoms with Gasteiger partial charge in [-0.3, -0.25) is 4.79 Å². The summed E-state index contributed by atoms with van der Waals surface area (Å²) in [5.74, 6) is 0.483. The molecule has 3 aromatic rings. The number of fused-ring (bicyclic) bond motifs is 1. The summed E-state index contributed by atoms with van der Waals surface area (Å²) in [6.07, 6.45) is 6.80. The molecule has 1 fully saturated rings. The van der Waals surface area contributed by atoms with Crippen LogP contribution in [0.4, 0.5) is 0 Å². The van der Waals surface area contributed by atoms with Crippen LogP contribution in [0.15, 0.2) is 48.7 Å². The van der Waals surface area contributed by atoms with Crippen molar-refractivity contribution in [3.63, 3.8) is 0 Å². The molecule has 0 bridgehead atoms. The fourth-order valence-corrected chi connectivity index (χ4v) is 4.95. The molecule has 0 spiro atoms. The lowest BCUT2D eigenvalue weighted by atomic mass is 9.89. The van der Waals surface area contributed by atoms with E-state index in [1.807, 2.05) is 47.2 Å². The molecule has 1 aromatic heterocycles. The summed E-state index contributed by atoms with van der Waals surface area (Å²) in [5, 5.41) is 5.42. The Bertz CT molecular complexity index is 1010. The first kappa shape index (κ1) is 20.0. The van der Waals surface area contributed by atoms with Gasteiger partial charge in [0.2, 0.25) is 0 Å². The van der Waals surface area contributed by atoms with Crippen LogP contribution in [0.5, 0.6) is 0 Å². The van der Waals surface area contributed by atoms with Gasteiger partial charge < -0.3 is 9.88 Å². The van der Waals surface area contributed by atoms with Gasteiger partial charge in [0.05, 0.1) is 16.8 Å². The third-order valence-corrected chi connectivity index (χ3v) is 7.16. The molecule has 3 nitrogen and oxygen atoms in total. The zero-order chi connectivity index (χ0) is 19.7. The van der Waals surface area contributed by atoms with Gasteiger partial charge in [-0.05, 0) is 74.1 Å². The smallest absolute Gasteiger partial charge is 0.253 e. The van der Waals surface area contributed by atoms with E-state index in [2.05, 4.69) is 27.9 Å². The Balaban J connectivity index is 1.60.